The van der Waals surface area contributed by atoms with Crippen LogP contribution in [0.25, 0.3) is 0 Å². The topological polar surface area (TPSA) is 29.1 Å². The van der Waals surface area contributed by atoms with Gasteiger partial charge in [0, 0.05) is 27.4 Å². The van der Waals surface area contributed by atoms with Crippen LogP contribution in [0.2, 0.25) is 5.02 Å². The minimum Gasteiger partial charge on any atom is -0.351 e. The fraction of sp³-hybridized carbons (Fsp3) is 0.353. The number of amides is 1. The fourth-order valence-electron chi connectivity index (χ4n) is 3.10. The van der Waals surface area contributed by atoms with Crippen molar-refractivity contribution in [2.75, 3.05) is 6.54 Å². The van der Waals surface area contributed by atoms with Gasteiger partial charge in [-0.1, -0.05) is 30.5 Å². The lowest BCUT2D eigenvalue weighted by molar-refractivity contribution is 0.0943. The third-order valence-electron chi connectivity index (χ3n) is 4.30. The van der Waals surface area contributed by atoms with Crippen LogP contribution in [0, 0.1) is 0 Å². The predicted molar refractivity (Wildman–Crippen MR) is 88.3 cm³/mol. The van der Waals surface area contributed by atoms with Gasteiger partial charge in [0.05, 0.1) is 0 Å². The van der Waals surface area contributed by atoms with Crippen LogP contribution in [0.3, 0.4) is 0 Å². The SMILES string of the molecule is O=C(NCC1(c2cccs2)CCCC1)c1ccc(Cl)cc1. The molecular formula is C17H18ClNOS. The first kappa shape index (κ1) is 14.6. The van der Waals surface area contributed by atoms with Crippen LogP contribution in [0.15, 0.2) is 41.8 Å². The van der Waals surface area contributed by atoms with Crippen LogP contribution in [0.1, 0.15) is 40.9 Å². The van der Waals surface area contributed by atoms with Crippen molar-refractivity contribution in [1.82, 2.24) is 5.32 Å². The summed E-state index contributed by atoms with van der Waals surface area (Å²) in [6, 6.07) is 11.3. The van der Waals surface area contributed by atoms with Crippen molar-refractivity contribution < 1.29 is 4.79 Å². The molecule has 3 rings (SSSR count). The molecule has 0 atom stereocenters. The Hall–Kier alpha value is -1.32. The molecule has 0 spiro atoms. The van der Waals surface area contributed by atoms with E-state index in [1.165, 1.54) is 17.7 Å². The molecule has 2 nitrogen and oxygen atoms in total. The van der Waals surface area contributed by atoms with E-state index in [1.54, 1.807) is 35.6 Å². The first-order valence-corrected chi connectivity index (χ1v) is 8.53. The third-order valence-corrected chi connectivity index (χ3v) is 5.67. The second-order valence-electron chi connectivity index (χ2n) is 5.65. The minimum atomic E-state index is -0.0190. The summed E-state index contributed by atoms with van der Waals surface area (Å²) < 4.78 is 0. The lowest BCUT2D eigenvalue weighted by Crippen LogP contribution is -2.38. The quantitative estimate of drug-likeness (QED) is 0.873. The van der Waals surface area contributed by atoms with E-state index in [0.717, 1.165) is 19.4 Å². The zero-order valence-electron chi connectivity index (χ0n) is 11.8. The number of carbonyl (C=O) groups excluding carboxylic acids is 1. The Balaban J connectivity index is 1.70. The standard InChI is InChI=1S/C17H18ClNOS/c18-14-7-5-13(6-8-14)16(20)19-12-17(9-1-2-10-17)15-4-3-11-21-15/h3-8,11H,1-2,9-10,12H2,(H,19,20). The molecule has 1 N–H and O–H groups in total. The largest absolute Gasteiger partial charge is 0.351 e. The summed E-state index contributed by atoms with van der Waals surface area (Å²) in [5.41, 5.74) is 0.801. The Morgan fingerprint density at radius 3 is 2.52 bits per heavy atom. The Morgan fingerprint density at radius 1 is 1.19 bits per heavy atom. The molecule has 110 valence electrons. The van der Waals surface area contributed by atoms with Gasteiger partial charge in [-0.05, 0) is 48.6 Å². The maximum absolute atomic E-state index is 12.3. The van der Waals surface area contributed by atoms with E-state index in [0.29, 0.717) is 10.6 Å². The van der Waals surface area contributed by atoms with Crippen molar-refractivity contribution in [2.24, 2.45) is 0 Å². The lowest BCUT2D eigenvalue weighted by Gasteiger charge is -2.28. The number of benzene rings is 1. The van der Waals surface area contributed by atoms with Gasteiger partial charge in [-0.15, -0.1) is 11.3 Å². The van der Waals surface area contributed by atoms with Crippen LogP contribution in [0.4, 0.5) is 0 Å². The van der Waals surface area contributed by atoms with E-state index >= 15 is 0 Å². The van der Waals surface area contributed by atoms with Crippen molar-refractivity contribution in [1.29, 1.82) is 0 Å². The first-order valence-electron chi connectivity index (χ1n) is 7.27. The number of nitrogens with one attached hydrogen (secondary N) is 1. The van der Waals surface area contributed by atoms with Gasteiger partial charge in [-0.3, -0.25) is 4.79 Å². The molecule has 1 fully saturated rings. The summed E-state index contributed by atoms with van der Waals surface area (Å²) in [5, 5.41) is 5.89. The molecular weight excluding hydrogens is 302 g/mol. The lowest BCUT2D eigenvalue weighted by atomic mass is 9.84. The highest BCUT2D eigenvalue weighted by atomic mass is 35.5. The molecule has 0 saturated heterocycles. The number of carbonyl (C=O) groups is 1. The third kappa shape index (κ3) is 3.14. The molecule has 1 saturated carbocycles. The van der Waals surface area contributed by atoms with Crippen LogP contribution >= 0.6 is 22.9 Å². The van der Waals surface area contributed by atoms with Gasteiger partial charge in [0.25, 0.3) is 5.91 Å². The molecule has 1 aromatic carbocycles. The van der Waals surface area contributed by atoms with Crippen LogP contribution in [0.5, 0.6) is 0 Å². The highest BCUT2D eigenvalue weighted by Gasteiger charge is 2.36. The van der Waals surface area contributed by atoms with Gasteiger partial charge in [-0.2, -0.15) is 0 Å². The maximum atomic E-state index is 12.3. The number of halogens is 1. The molecule has 21 heavy (non-hydrogen) atoms. The van der Waals surface area contributed by atoms with E-state index in [9.17, 15) is 4.79 Å². The smallest absolute Gasteiger partial charge is 0.251 e. The zero-order valence-corrected chi connectivity index (χ0v) is 13.3. The molecule has 1 heterocycles. The molecule has 2 aromatic rings. The second-order valence-corrected chi connectivity index (χ2v) is 7.04. The van der Waals surface area contributed by atoms with Gasteiger partial charge in [0.2, 0.25) is 0 Å². The Kier molecular flexibility index (Phi) is 4.32. The Labute approximate surface area is 134 Å². The number of rotatable bonds is 4. The summed E-state index contributed by atoms with van der Waals surface area (Å²) in [7, 11) is 0. The molecule has 0 radical (unpaired) electrons. The molecule has 1 amide bonds. The maximum Gasteiger partial charge on any atom is 0.251 e. The predicted octanol–water partition coefficient (Wildman–Crippen LogP) is 4.64. The summed E-state index contributed by atoms with van der Waals surface area (Å²) in [5.74, 6) is -0.0190. The van der Waals surface area contributed by atoms with E-state index < -0.39 is 0 Å². The van der Waals surface area contributed by atoms with E-state index in [2.05, 4.69) is 22.8 Å². The van der Waals surface area contributed by atoms with E-state index in [4.69, 9.17) is 11.6 Å². The summed E-state index contributed by atoms with van der Waals surface area (Å²) in [6.07, 6.45) is 4.81. The Morgan fingerprint density at radius 2 is 1.90 bits per heavy atom. The number of hydrogen-bond donors (Lipinski definition) is 1. The van der Waals surface area contributed by atoms with Crippen molar-refractivity contribution in [3.8, 4) is 0 Å². The van der Waals surface area contributed by atoms with Gasteiger partial charge < -0.3 is 5.32 Å². The molecule has 4 heteroatoms. The highest BCUT2D eigenvalue weighted by molar-refractivity contribution is 7.10. The molecule has 1 aliphatic carbocycles. The first-order chi connectivity index (χ1) is 10.2. The molecule has 0 bridgehead atoms. The van der Waals surface area contributed by atoms with Crippen LogP contribution < -0.4 is 5.32 Å². The van der Waals surface area contributed by atoms with Gasteiger partial charge >= 0.3 is 0 Å². The minimum absolute atomic E-state index is 0.0190. The van der Waals surface area contributed by atoms with Gasteiger partial charge in [0.15, 0.2) is 0 Å². The average molecular weight is 320 g/mol. The van der Waals surface area contributed by atoms with Crippen molar-refractivity contribution >= 4 is 28.8 Å². The van der Waals surface area contributed by atoms with Gasteiger partial charge in [-0.25, -0.2) is 0 Å². The fourth-order valence-corrected chi connectivity index (χ4v) is 4.21. The van der Waals surface area contributed by atoms with E-state index in [1.807, 2.05) is 0 Å². The van der Waals surface area contributed by atoms with Crippen LogP contribution in [-0.2, 0) is 5.41 Å². The summed E-state index contributed by atoms with van der Waals surface area (Å²) >= 11 is 7.66. The zero-order chi connectivity index (χ0) is 14.7. The summed E-state index contributed by atoms with van der Waals surface area (Å²) in [4.78, 5) is 13.7. The average Bonchev–Trinajstić information content (AvgIpc) is 3.17. The molecule has 1 aliphatic rings. The van der Waals surface area contributed by atoms with Crippen molar-refractivity contribution in [3.05, 3.63) is 57.2 Å². The molecule has 0 unspecified atom stereocenters. The highest BCUT2D eigenvalue weighted by Crippen LogP contribution is 2.42. The molecule has 0 aliphatic heterocycles. The van der Waals surface area contributed by atoms with Crippen molar-refractivity contribution in [3.63, 3.8) is 0 Å². The second kappa shape index (κ2) is 6.20. The normalized spacial score (nSPS) is 16.8. The Bertz CT molecular complexity index is 600. The van der Waals surface area contributed by atoms with Crippen molar-refractivity contribution in [2.45, 2.75) is 31.1 Å². The van der Waals surface area contributed by atoms with Gasteiger partial charge in [0.1, 0.15) is 0 Å². The monoisotopic (exact) mass is 319 g/mol. The molecule has 1 aromatic heterocycles. The van der Waals surface area contributed by atoms with E-state index in [-0.39, 0.29) is 11.3 Å². The number of thiophene rings is 1. The number of hydrogen-bond acceptors (Lipinski definition) is 2. The summed E-state index contributed by atoms with van der Waals surface area (Å²) in [6.45, 7) is 0.717. The van der Waals surface area contributed by atoms with Crippen LogP contribution in [-0.4, -0.2) is 12.5 Å².